The second-order valence-electron chi connectivity index (χ2n) is 4.53. The third-order valence-electron chi connectivity index (χ3n) is 3.10. The Bertz CT molecular complexity index is 703. The van der Waals surface area contributed by atoms with Crippen LogP contribution in [0.25, 0.3) is 5.65 Å². The molecule has 0 fully saturated rings. The van der Waals surface area contributed by atoms with Crippen LogP contribution < -0.4 is 0 Å². The van der Waals surface area contributed by atoms with Gasteiger partial charge in [0.2, 0.25) is 0 Å². The maximum absolute atomic E-state index is 6.13. The lowest BCUT2D eigenvalue weighted by molar-refractivity contribution is 0.837. The van der Waals surface area contributed by atoms with Gasteiger partial charge in [0.15, 0.2) is 5.65 Å². The van der Waals surface area contributed by atoms with E-state index in [2.05, 4.69) is 46.4 Å². The Morgan fingerprint density at radius 3 is 2.63 bits per heavy atom. The van der Waals surface area contributed by atoms with Gasteiger partial charge in [0.05, 0.1) is 12.4 Å². The molecule has 0 saturated carbocycles. The molecule has 2 aromatic heterocycles. The Morgan fingerprint density at radius 2 is 1.84 bits per heavy atom. The molecule has 0 amide bonds. The number of hydrogen-bond donors (Lipinski definition) is 0. The zero-order chi connectivity index (χ0) is 13.2. The van der Waals surface area contributed by atoms with Crippen LogP contribution in [0.15, 0.2) is 36.7 Å². The van der Waals surface area contributed by atoms with E-state index in [0.29, 0.717) is 10.8 Å². The molecule has 0 aliphatic heterocycles. The zero-order valence-electron chi connectivity index (χ0n) is 10.5. The number of fused-ring (bicyclic) bond motifs is 1. The molecule has 96 valence electrons. The Balaban J connectivity index is 1.84. The fraction of sp³-hybridized carbons (Fsp3) is 0.214. The summed E-state index contributed by atoms with van der Waals surface area (Å²) in [6, 6.07) is 8.52. The summed E-state index contributed by atoms with van der Waals surface area (Å²) in [5.41, 5.74) is 3.24. The van der Waals surface area contributed by atoms with Crippen molar-refractivity contribution in [2.45, 2.75) is 19.8 Å². The van der Waals surface area contributed by atoms with Crippen molar-refractivity contribution < 1.29 is 0 Å². The predicted octanol–water partition coefficient (Wildman–Crippen LogP) is 2.87. The summed E-state index contributed by atoms with van der Waals surface area (Å²) < 4.78 is 1.84. The number of aryl methyl sites for hydroxylation is 3. The van der Waals surface area contributed by atoms with E-state index >= 15 is 0 Å². The normalized spacial score (nSPS) is 11.1. The van der Waals surface area contributed by atoms with Gasteiger partial charge in [0.25, 0.3) is 0 Å². The lowest BCUT2D eigenvalue weighted by atomic mass is 10.1. The van der Waals surface area contributed by atoms with Crippen LogP contribution in [0.1, 0.15) is 17.0 Å². The van der Waals surface area contributed by atoms with E-state index in [1.807, 2.05) is 4.40 Å². The van der Waals surface area contributed by atoms with Gasteiger partial charge in [-0.2, -0.15) is 0 Å². The third kappa shape index (κ3) is 2.44. The third-order valence-corrected chi connectivity index (χ3v) is 3.36. The van der Waals surface area contributed by atoms with Gasteiger partial charge in [-0.1, -0.05) is 41.4 Å². The number of rotatable bonds is 3. The van der Waals surface area contributed by atoms with Crippen molar-refractivity contribution in [3.05, 3.63) is 58.8 Å². The molecule has 0 bridgehead atoms. The first-order chi connectivity index (χ1) is 9.24. The topological polar surface area (TPSA) is 43.1 Å². The van der Waals surface area contributed by atoms with Crippen molar-refractivity contribution in [3.63, 3.8) is 0 Å². The molecule has 0 spiro atoms. The predicted molar refractivity (Wildman–Crippen MR) is 74.4 cm³/mol. The van der Waals surface area contributed by atoms with Crippen LogP contribution in [0.5, 0.6) is 0 Å². The maximum Gasteiger partial charge on any atom is 0.180 e. The quantitative estimate of drug-likeness (QED) is 0.736. The summed E-state index contributed by atoms with van der Waals surface area (Å²) in [6.07, 6.45) is 4.98. The highest BCUT2D eigenvalue weighted by Gasteiger charge is 2.08. The minimum Gasteiger partial charge on any atom is -0.266 e. The Labute approximate surface area is 116 Å². The molecule has 0 saturated heterocycles. The van der Waals surface area contributed by atoms with E-state index in [0.717, 1.165) is 18.7 Å². The molecule has 0 N–H and O–H groups in total. The van der Waals surface area contributed by atoms with Gasteiger partial charge in [-0.3, -0.25) is 9.38 Å². The second kappa shape index (κ2) is 4.97. The molecule has 0 atom stereocenters. The molecule has 0 unspecified atom stereocenters. The van der Waals surface area contributed by atoms with Crippen LogP contribution in [0.3, 0.4) is 0 Å². The summed E-state index contributed by atoms with van der Waals surface area (Å²) in [5, 5.41) is 8.79. The van der Waals surface area contributed by atoms with Gasteiger partial charge in [0, 0.05) is 6.42 Å². The van der Waals surface area contributed by atoms with Crippen molar-refractivity contribution in [1.29, 1.82) is 0 Å². The average molecular weight is 273 g/mol. The number of benzene rings is 1. The van der Waals surface area contributed by atoms with Crippen LogP contribution >= 0.6 is 11.6 Å². The lowest BCUT2D eigenvalue weighted by Crippen LogP contribution is -1.99. The van der Waals surface area contributed by atoms with Crippen LogP contribution in [0.4, 0.5) is 0 Å². The first-order valence-corrected chi connectivity index (χ1v) is 6.51. The second-order valence-corrected chi connectivity index (χ2v) is 4.91. The summed E-state index contributed by atoms with van der Waals surface area (Å²) in [7, 11) is 0. The largest absolute Gasteiger partial charge is 0.266 e. The lowest BCUT2D eigenvalue weighted by Gasteiger charge is -2.03. The molecule has 3 aromatic rings. The Kier molecular flexibility index (Phi) is 3.17. The van der Waals surface area contributed by atoms with Crippen LogP contribution in [0.2, 0.25) is 5.15 Å². The van der Waals surface area contributed by atoms with Crippen molar-refractivity contribution in [2.75, 3.05) is 0 Å². The Morgan fingerprint density at radius 1 is 1.05 bits per heavy atom. The number of hydrogen-bond acceptors (Lipinski definition) is 3. The smallest absolute Gasteiger partial charge is 0.180 e. The van der Waals surface area contributed by atoms with E-state index in [-0.39, 0.29) is 0 Å². The van der Waals surface area contributed by atoms with Crippen LogP contribution in [-0.4, -0.2) is 19.6 Å². The highest BCUT2D eigenvalue weighted by molar-refractivity contribution is 6.29. The highest BCUT2D eigenvalue weighted by atomic mass is 35.5. The zero-order valence-corrected chi connectivity index (χ0v) is 11.3. The van der Waals surface area contributed by atoms with Crippen molar-refractivity contribution in [1.82, 2.24) is 19.6 Å². The standard InChI is InChI=1S/C14H13ClN4/c1-10-2-4-11(5-3-10)6-7-13-17-18-14-9-16-8-12(15)19(13)14/h2-5,8-9H,6-7H2,1H3. The Hall–Kier alpha value is -1.94. The van der Waals surface area contributed by atoms with E-state index in [1.165, 1.54) is 11.1 Å². The van der Waals surface area contributed by atoms with E-state index in [4.69, 9.17) is 11.6 Å². The van der Waals surface area contributed by atoms with E-state index < -0.39 is 0 Å². The summed E-state index contributed by atoms with van der Waals surface area (Å²) in [5.74, 6) is 0.864. The summed E-state index contributed by atoms with van der Waals surface area (Å²) in [4.78, 5) is 4.00. The average Bonchev–Trinajstić information content (AvgIpc) is 2.83. The molecular formula is C14H13ClN4. The molecular weight excluding hydrogens is 260 g/mol. The molecule has 5 heteroatoms. The van der Waals surface area contributed by atoms with Crippen LogP contribution in [-0.2, 0) is 12.8 Å². The fourth-order valence-corrected chi connectivity index (χ4v) is 2.28. The van der Waals surface area contributed by atoms with Gasteiger partial charge < -0.3 is 0 Å². The monoisotopic (exact) mass is 272 g/mol. The van der Waals surface area contributed by atoms with Crippen LogP contribution in [0, 0.1) is 6.92 Å². The van der Waals surface area contributed by atoms with Crippen molar-refractivity contribution in [3.8, 4) is 0 Å². The molecule has 4 nitrogen and oxygen atoms in total. The first kappa shape index (κ1) is 12.1. The minimum absolute atomic E-state index is 0.543. The molecule has 19 heavy (non-hydrogen) atoms. The van der Waals surface area contributed by atoms with Gasteiger partial charge >= 0.3 is 0 Å². The van der Waals surface area contributed by atoms with Crippen molar-refractivity contribution >= 4 is 17.2 Å². The van der Waals surface area contributed by atoms with Gasteiger partial charge in [0.1, 0.15) is 11.0 Å². The minimum atomic E-state index is 0.543. The number of nitrogens with zero attached hydrogens (tertiary/aromatic N) is 4. The van der Waals surface area contributed by atoms with Crippen molar-refractivity contribution in [2.24, 2.45) is 0 Å². The summed E-state index contributed by atoms with van der Waals surface area (Å²) in [6.45, 7) is 2.09. The molecule has 3 rings (SSSR count). The van der Waals surface area contributed by atoms with E-state index in [1.54, 1.807) is 12.4 Å². The molecule has 0 aliphatic carbocycles. The molecule has 2 heterocycles. The fourth-order valence-electron chi connectivity index (χ4n) is 2.04. The number of aromatic nitrogens is 4. The maximum atomic E-state index is 6.13. The SMILES string of the molecule is Cc1ccc(CCc2nnc3cncc(Cl)n23)cc1. The molecule has 1 aromatic carbocycles. The van der Waals surface area contributed by atoms with Gasteiger partial charge in [-0.05, 0) is 18.9 Å². The summed E-state index contributed by atoms with van der Waals surface area (Å²) >= 11 is 6.13. The highest BCUT2D eigenvalue weighted by Crippen LogP contribution is 2.14. The van der Waals surface area contributed by atoms with Gasteiger partial charge in [-0.25, -0.2) is 0 Å². The van der Waals surface area contributed by atoms with E-state index in [9.17, 15) is 0 Å². The number of halogens is 1. The molecule has 0 radical (unpaired) electrons. The molecule has 0 aliphatic rings. The van der Waals surface area contributed by atoms with Gasteiger partial charge in [-0.15, -0.1) is 10.2 Å². The first-order valence-electron chi connectivity index (χ1n) is 6.13.